The summed E-state index contributed by atoms with van der Waals surface area (Å²) in [6.07, 6.45) is 0. The molecule has 3 rings (SSSR count). The Morgan fingerprint density at radius 2 is 1.44 bits per heavy atom. The van der Waals surface area contributed by atoms with E-state index in [1.165, 1.54) is 12.1 Å². The zero-order chi connectivity index (χ0) is 18.0. The van der Waals surface area contributed by atoms with Gasteiger partial charge >= 0.3 is 0 Å². The number of nitrogens with one attached hydrogen (secondary N) is 2. The molecule has 7 heteroatoms. The first-order valence-electron chi connectivity index (χ1n) is 7.58. The van der Waals surface area contributed by atoms with Gasteiger partial charge in [0.1, 0.15) is 6.54 Å². The van der Waals surface area contributed by atoms with E-state index in [2.05, 4.69) is 10.9 Å². The van der Waals surface area contributed by atoms with Crippen LogP contribution in [0.25, 0.3) is 0 Å². The number of hydrazine groups is 1. The Labute approximate surface area is 143 Å². The van der Waals surface area contributed by atoms with E-state index >= 15 is 0 Å². The van der Waals surface area contributed by atoms with E-state index in [1.54, 1.807) is 36.4 Å². The van der Waals surface area contributed by atoms with Crippen LogP contribution in [0.1, 0.15) is 36.6 Å². The summed E-state index contributed by atoms with van der Waals surface area (Å²) >= 11 is 0. The van der Waals surface area contributed by atoms with Gasteiger partial charge in [-0.25, -0.2) is 0 Å². The molecule has 0 fully saturated rings. The summed E-state index contributed by atoms with van der Waals surface area (Å²) in [5.41, 5.74) is 6.38. The molecule has 0 unspecified atom stereocenters. The van der Waals surface area contributed by atoms with Crippen LogP contribution in [-0.4, -0.2) is 35.1 Å². The van der Waals surface area contributed by atoms with E-state index in [-0.39, 0.29) is 11.1 Å². The lowest BCUT2D eigenvalue weighted by Gasteiger charge is -2.14. The molecule has 1 aliphatic rings. The number of hydrogen-bond donors (Lipinski definition) is 2. The predicted octanol–water partition coefficient (Wildman–Crippen LogP) is 1.05. The second-order valence-corrected chi connectivity index (χ2v) is 5.61. The Balaban J connectivity index is 1.58. The fourth-order valence-electron chi connectivity index (χ4n) is 2.47. The van der Waals surface area contributed by atoms with Crippen molar-refractivity contribution in [2.24, 2.45) is 0 Å². The Kier molecular flexibility index (Phi) is 4.30. The average Bonchev–Trinajstić information content (AvgIpc) is 2.86. The molecule has 0 aliphatic carbocycles. The van der Waals surface area contributed by atoms with Gasteiger partial charge in [0.2, 0.25) is 0 Å². The third-order valence-electron chi connectivity index (χ3n) is 3.81. The van der Waals surface area contributed by atoms with Crippen LogP contribution in [0.4, 0.5) is 0 Å². The van der Waals surface area contributed by atoms with Gasteiger partial charge < -0.3 is 0 Å². The summed E-state index contributed by atoms with van der Waals surface area (Å²) in [6, 6.07) is 13.2. The van der Waals surface area contributed by atoms with E-state index < -0.39 is 30.2 Å². The minimum Gasteiger partial charge on any atom is -0.271 e. The SMILES string of the molecule is Cc1ccc(C(=O)NNC(=O)CN2C(=O)c3ccccc3C2=O)cc1. The number of carbonyl (C=O) groups is 4. The highest BCUT2D eigenvalue weighted by Crippen LogP contribution is 2.21. The van der Waals surface area contributed by atoms with Gasteiger partial charge in [0.25, 0.3) is 23.6 Å². The molecule has 0 saturated heterocycles. The maximum atomic E-state index is 12.2. The van der Waals surface area contributed by atoms with Gasteiger partial charge in [0.15, 0.2) is 0 Å². The maximum Gasteiger partial charge on any atom is 0.269 e. The number of benzene rings is 2. The largest absolute Gasteiger partial charge is 0.271 e. The first-order valence-corrected chi connectivity index (χ1v) is 7.58. The van der Waals surface area contributed by atoms with Crippen molar-refractivity contribution in [2.75, 3.05) is 6.54 Å². The molecule has 0 atom stereocenters. The third kappa shape index (κ3) is 3.25. The molecule has 7 nitrogen and oxygen atoms in total. The van der Waals surface area contributed by atoms with Crippen molar-refractivity contribution < 1.29 is 19.2 Å². The van der Waals surface area contributed by atoms with E-state index in [0.29, 0.717) is 5.56 Å². The summed E-state index contributed by atoms with van der Waals surface area (Å²) in [5.74, 6) is -2.22. The number of carbonyl (C=O) groups excluding carboxylic acids is 4. The van der Waals surface area contributed by atoms with Crippen LogP contribution in [0.2, 0.25) is 0 Å². The number of rotatable bonds is 3. The van der Waals surface area contributed by atoms with E-state index in [0.717, 1.165) is 10.5 Å². The Hall–Kier alpha value is -3.48. The summed E-state index contributed by atoms with van der Waals surface area (Å²) in [7, 11) is 0. The molecule has 0 saturated carbocycles. The summed E-state index contributed by atoms with van der Waals surface area (Å²) in [5, 5.41) is 0. The molecule has 2 aromatic carbocycles. The predicted molar refractivity (Wildman–Crippen MR) is 88.6 cm³/mol. The van der Waals surface area contributed by atoms with Crippen molar-refractivity contribution in [1.29, 1.82) is 0 Å². The lowest BCUT2D eigenvalue weighted by molar-refractivity contribution is -0.122. The molecule has 126 valence electrons. The number of amides is 4. The van der Waals surface area contributed by atoms with Crippen LogP contribution >= 0.6 is 0 Å². The minimum atomic E-state index is -0.671. The van der Waals surface area contributed by atoms with E-state index in [9.17, 15) is 19.2 Å². The highest BCUT2D eigenvalue weighted by atomic mass is 16.2. The van der Waals surface area contributed by atoms with Crippen molar-refractivity contribution in [2.45, 2.75) is 6.92 Å². The second kappa shape index (κ2) is 6.56. The van der Waals surface area contributed by atoms with Crippen molar-refractivity contribution in [3.8, 4) is 0 Å². The lowest BCUT2D eigenvalue weighted by atomic mass is 10.1. The molecular weight excluding hydrogens is 322 g/mol. The van der Waals surface area contributed by atoms with Gasteiger partial charge in [-0.2, -0.15) is 0 Å². The molecule has 25 heavy (non-hydrogen) atoms. The van der Waals surface area contributed by atoms with Gasteiger partial charge in [-0.05, 0) is 31.2 Å². The molecule has 0 spiro atoms. The zero-order valence-electron chi connectivity index (χ0n) is 13.4. The summed E-state index contributed by atoms with van der Waals surface area (Å²) in [4.78, 5) is 49.1. The second-order valence-electron chi connectivity index (χ2n) is 5.61. The van der Waals surface area contributed by atoms with Crippen LogP contribution < -0.4 is 10.9 Å². The molecular formula is C18H15N3O4. The fraction of sp³-hybridized carbons (Fsp3) is 0.111. The molecule has 0 aromatic heterocycles. The monoisotopic (exact) mass is 337 g/mol. The first kappa shape index (κ1) is 16.4. The summed E-state index contributed by atoms with van der Waals surface area (Å²) in [6.45, 7) is 1.42. The highest BCUT2D eigenvalue weighted by molar-refractivity contribution is 6.22. The van der Waals surface area contributed by atoms with Crippen molar-refractivity contribution >= 4 is 23.6 Å². The van der Waals surface area contributed by atoms with Crippen LogP contribution in [0, 0.1) is 6.92 Å². The van der Waals surface area contributed by atoms with Crippen LogP contribution in [0.3, 0.4) is 0 Å². The van der Waals surface area contributed by atoms with Gasteiger partial charge in [-0.1, -0.05) is 29.8 Å². The van der Waals surface area contributed by atoms with Gasteiger partial charge in [-0.15, -0.1) is 0 Å². The highest BCUT2D eigenvalue weighted by Gasteiger charge is 2.36. The molecule has 1 aliphatic heterocycles. The van der Waals surface area contributed by atoms with Crippen molar-refractivity contribution in [1.82, 2.24) is 15.8 Å². The number of fused-ring (bicyclic) bond motifs is 1. The normalized spacial score (nSPS) is 12.8. The Morgan fingerprint density at radius 3 is 2.00 bits per heavy atom. The fourth-order valence-corrected chi connectivity index (χ4v) is 2.47. The van der Waals surface area contributed by atoms with Gasteiger partial charge in [0, 0.05) is 5.56 Å². The van der Waals surface area contributed by atoms with Crippen molar-refractivity contribution in [3.63, 3.8) is 0 Å². The van der Waals surface area contributed by atoms with Gasteiger partial charge in [-0.3, -0.25) is 34.9 Å². The van der Waals surface area contributed by atoms with E-state index in [1.807, 2.05) is 6.92 Å². The molecule has 4 amide bonds. The van der Waals surface area contributed by atoms with Crippen LogP contribution in [0.5, 0.6) is 0 Å². The zero-order valence-corrected chi connectivity index (χ0v) is 13.4. The third-order valence-corrected chi connectivity index (χ3v) is 3.81. The minimum absolute atomic E-state index is 0.268. The number of nitrogens with zero attached hydrogens (tertiary/aromatic N) is 1. The first-order chi connectivity index (χ1) is 12.0. The smallest absolute Gasteiger partial charge is 0.269 e. The van der Waals surface area contributed by atoms with Crippen LogP contribution in [0.15, 0.2) is 48.5 Å². The lowest BCUT2D eigenvalue weighted by Crippen LogP contribution is -2.47. The van der Waals surface area contributed by atoms with Crippen molar-refractivity contribution in [3.05, 3.63) is 70.8 Å². The number of imide groups is 1. The molecule has 2 N–H and O–H groups in total. The standard InChI is InChI=1S/C18H15N3O4/c1-11-6-8-12(9-7-11)16(23)20-19-15(22)10-21-17(24)13-4-2-3-5-14(13)18(21)25/h2-9H,10H2,1H3,(H,19,22)(H,20,23). The number of hydrogen-bond acceptors (Lipinski definition) is 4. The topological polar surface area (TPSA) is 95.6 Å². The Bertz CT molecular complexity index is 839. The number of aryl methyl sites for hydroxylation is 1. The quantitative estimate of drug-likeness (QED) is 0.646. The van der Waals surface area contributed by atoms with Crippen LogP contribution in [-0.2, 0) is 4.79 Å². The molecule has 1 heterocycles. The maximum absolute atomic E-state index is 12.2. The molecule has 0 bridgehead atoms. The summed E-state index contributed by atoms with van der Waals surface area (Å²) < 4.78 is 0. The van der Waals surface area contributed by atoms with Gasteiger partial charge in [0.05, 0.1) is 11.1 Å². The van der Waals surface area contributed by atoms with E-state index in [4.69, 9.17) is 0 Å². The molecule has 2 aromatic rings. The average molecular weight is 337 g/mol. The molecule has 0 radical (unpaired) electrons. The Morgan fingerprint density at radius 1 is 0.880 bits per heavy atom.